The number of hydrogen-bond acceptors (Lipinski definition) is 8. The molecule has 0 atom stereocenters. The summed E-state index contributed by atoms with van der Waals surface area (Å²) in [5.41, 5.74) is 4.53. The Morgan fingerprint density at radius 3 is 2.65 bits per heavy atom. The first-order valence-corrected chi connectivity index (χ1v) is 12.0. The van der Waals surface area contributed by atoms with E-state index in [1.165, 1.54) is 12.4 Å². The molecule has 2 aromatic heterocycles. The van der Waals surface area contributed by atoms with Gasteiger partial charge in [-0.1, -0.05) is 12.2 Å². The van der Waals surface area contributed by atoms with Crippen LogP contribution >= 0.6 is 11.3 Å². The van der Waals surface area contributed by atoms with E-state index in [1.54, 1.807) is 55.8 Å². The molecule has 7 nitrogen and oxygen atoms in total. The molecule has 0 aliphatic heterocycles. The van der Waals surface area contributed by atoms with Gasteiger partial charge in [-0.2, -0.15) is 0 Å². The minimum Gasteiger partial charge on any atom is -0.392 e. The third-order valence-corrected chi connectivity index (χ3v) is 8.21. The highest BCUT2D eigenvalue weighted by Crippen LogP contribution is 2.34. The molecule has 160 valence electrons. The van der Waals surface area contributed by atoms with Gasteiger partial charge in [0.05, 0.1) is 37.5 Å². The van der Waals surface area contributed by atoms with Crippen molar-refractivity contribution in [2.75, 3.05) is 11.9 Å². The zero-order valence-corrected chi connectivity index (χ0v) is 19.0. The van der Waals surface area contributed by atoms with Crippen LogP contribution in [0.1, 0.15) is 26.3 Å². The van der Waals surface area contributed by atoms with Gasteiger partial charge in [-0.05, 0) is 56.7 Å². The zero-order chi connectivity index (χ0) is 22.2. The fourth-order valence-electron chi connectivity index (χ4n) is 3.14. The molecule has 0 saturated heterocycles. The quantitative estimate of drug-likeness (QED) is 0.455. The van der Waals surface area contributed by atoms with Crippen LogP contribution in [-0.4, -0.2) is 39.8 Å². The molecular formula is C22H22N4O3S2. The average molecular weight is 455 g/mol. The summed E-state index contributed by atoms with van der Waals surface area (Å²) in [6, 6.07) is 9.14. The van der Waals surface area contributed by atoms with Gasteiger partial charge in [0.25, 0.3) is 0 Å². The van der Waals surface area contributed by atoms with Crippen molar-refractivity contribution in [2.24, 2.45) is 0 Å². The summed E-state index contributed by atoms with van der Waals surface area (Å²) >= 11 is 1.56. The van der Waals surface area contributed by atoms with Crippen molar-refractivity contribution < 1.29 is 13.5 Å². The first-order chi connectivity index (χ1) is 14.7. The Kier molecular flexibility index (Phi) is 5.50. The number of aliphatic hydroxyl groups is 1. The predicted octanol–water partition coefficient (Wildman–Crippen LogP) is 4.56. The molecule has 4 rings (SSSR count). The van der Waals surface area contributed by atoms with Crippen molar-refractivity contribution in [3.8, 4) is 0 Å². The summed E-state index contributed by atoms with van der Waals surface area (Å²) in [4.78, 5) is 13.2. The number of sulfone groups is 1. The smallest absolute Gasteiger partial charge is 0.183 e. The third kappa shape index (κ3) is 4.04. The normalized spacial score (nSPS) is 12.8. The second kappa shape index (κ2) is 7.99. The number of anilines is 2. The largest absolute Gasteiger partial charge is 0.392 e. The lowest BCUT2D eigenvalue weighted by molar-refractivity contribution is 0.343. The van der Waals surface area contributed by atoms with E-state index in [4.69, 9.17) is 0 Å². The van der Waals surface area contributed by atoms with E-state index < -0.39 is 14.6 Å². The molecule has 0 radical (unpaired) electrons. The van der Waals surface area contributed by atoms with Gasteiger partial charge in [-0.25, -0.2) is 23.4 Å². The fourth-order valence-corrected chi connectivity index (χ4v) is 5.17. The first kappa shape index (κ1) is 21.4. The van der Waals surface area contributed by atoms with Crippen molar-refractivity contribution >= 4 is 59.9 Å². The summed E-state index contributed by atoms with van der Waals surface area (Å²) in [5, 5.41) is 13.0. The molecular weight excluding hydrogens is 432 g/mol. The molecule has 0 unspecified atom stereocenters. The molecule has 0 spiro atoms. The maximum atomic E-state index is 13.3. The van der Waals surface area contributed by atoms with Gasteiger partial charge in [0.2, 0.25) is 0 Å². The van der Waals surface area contributed by atoms with Gasteiger partial charge in [0.15, 0.2) is 9.84 Å². The lowest BCUT2D eigenvalue weighted by atomic mass is 10.1. The van der Waals surface area contributed by atoms with Crippen LogP contribution in [0.15, 0.2) is 53.1 Å². The van der Waals surface area contributed by atoms with Crippen LogP contribution in [0.4, 0.5) is 11.5 Å². The Morgan fingerprint density at radius 1 is 1.10 bits per heavy atom. The Morgan fingerprint density at radius 2 is 1.90 bits per heavy atom. The number of aromatic nitrogens is 3. The van der Waals surface area contributed by atoms with Gasteiger partial charge in [0, 0.05) is 11.1 Å². The highest BCUT2D eigenvalue weighted by molar-refractivity contribution is 7.92. The van der Waals surface area contributed by atoms with Gasteiger partial charge in [-0.3, -0.25) is 0 Å². The van der Waals surface area contributed by atoms with Crippen molar-refractivity contribution in [3.63, 3.8) is 0 Å². The minimum atomic E-state index is -3.66. The minimum absolute atomic E-state index is 0.171. The number of rotatable bonds is 5. The van der Waals surface area contributed by atoms with E-state index >= 15 is 0 Å². The number of aliphatic hydroxyl groups excluding tert-OH is 1. The number of thiazole rings is 1. The standard InChI is InChI=1S/C22H22N4O3S2/c1-22(2,3)31(28,29)20-11-16-17(9-14(20)5-4-8-27)23-12-24-21(16)26-15-6-7-19-18(10-15)25-13-30-19/h4-7,9-13,27H,8H2,1-3H3,(H,23,24,26). The zero-order valence-electron chi connectivity index (χ0n) is 17.3. The van der Waals surface area contributed by atoms with Crippen LogP contribution in [-0.2, 0) is 9.84 Å². The van der Waals surface area contributed by atoms with E-state index in [-0.39, 0.29) is 11.5 Å². The van der Waals surface area contributed by atoms with E-state index in [0.29, 0.717) is 22.3 Å². The molecule has 0 saturated carbocycles. The summed E-state index contributed by atoms with van der Waals surface area (Å²) in [6.07, 6.45) is 4.54. The van der Waals surface area contributed by atoms with Crippen LogP contribution < -0.4 is 5.32 Å². The maximum Gasteiger partial charge on any atom is 0.183 e. The Balaban J connectivity index is 1.89. The maximum absolute atomic E-state index is 13.3. The lowest BCUT2D eigenvalue weighted by Crippen LogP contribution is -2.28. The number of fused-ring (bicyclic) bond motifs is 2. The van der Waals surface area contributed by atoms with Crippen LogP contribution in [0.5, 0.6) is 0 Å². The molecule has 0 aliphatic rings. The first-order valence-electron chi connectivity index (χ1n) is 9.62. The molecule has 2 N–H and O–H groups in total. The second-order valence-electron chi connectivity index (χ2n) is 7.99. The molecule has 31 heavy (non-hydrogen) atoms. The van der Waals surface area contributed by atoms with E-state index in [1.807, 2.05) is 18.2 Å². The van der Waals surface area contributed by atoms with Gasteiger partial charge < -0.3 is 10.4 Å². The highest BCUT2D eigenvalue weighted by Gasteiger charge is 2.33. The molecule has 0 bridgehead atoms. The van der Waals surface area contributed by atoms with Crippen molar-refractivity contribution in [2.45, 2.75) is 30.4 Å². The summed E-state index contributed by atoms with van der Waals surface area (Å²) in [5.74, 6) is 0.502. The van der Waals surface area contributed by atoms with Crippen molar-refractivity contribution in [1.82, 2.24) is 15.0 Å². The average Bonchev–Trinajstić information content (AvgIpc) is 3.19. The third-order valence-electron chi connectivity index (χ3n) is 4.86. The molecule has 2 aromatic carbocycles. The van der Waals surface area contributed by atoms with E-state index in [2.05, 4.69) is 20.3 Å². The molecule has 4 aromatic rings. The predicted molar refractivity (Wildman–Crippen MR) is 125 cm³/mol. The van der Waals surface area contributed by atoms with Crippen LogP contribution in [0.3, 0.4) is 0 Å². The van der Waals surface area contributed by atoms with Gasteiger partial charge >= 0.3 is 0 Å². The van der Waals surface area contributed by atoms with Gasteiger partial charge in [0.1, 0.15) is 12.1 Å². The molecule has 0 aliphatic carbocycles. The lowest BCUT2D eigenvalue weighted by Gasteiger charge is -2.21. The summed E-state index contributed by atoms with van der Waals surface area (Å²) in [7, 11) is -3.66. The number of nitrogens with one attached hydrogen (secondary N) is 1. The number of benzene rings is 2. The van der Waals surface area contributed by atoms with E-state index in [9.17, 15) is 13.5 Å². The summed E-state index contributed by atoms with van der Waals surface area (Å²) in [6.45, 7) is 4.80. The Labute approximate surface area is 184 Å². The second-order valence-corrected chi connectivity index (χ2v) is 11.5. The van der Waals surface area contributed by atoms with Crippen molar-refractivity contribution in [1.29, 1.82) is 0 Å². The molecule has 0 amide bonds. The SMILES string of the molecule is CC(C)(C)S(=O)(=O)c1cc2c(Nc3ccc4scnc4c3)ncnc2cc1C=CCO. The number of hydrogen-bond donors (Lipinski definition) is 2. The molecule has 0 fully saturated rings. The molecule has 9 heteroatoms. The van der Waals surface area contributed by atoms with E-state index in [0.717, 1.165) is 15.9 Å². The van der Waals surface area contributed by atoms with Crippen LogP contribution in [0.2, 0.25) is 0 Å². The monoisotopic (exact) mass is 454 g/mol. The van der Waals surface area contributed by atoms with Crippen molar-refractivity contribution in [3.05, 3.63) is 53.8 Å². The fraction of sp³-hybridized carbons (Fsp3) is 0.227. The number of nitrogens with zero attached hydrogens (tertiary/aromatic N) is 3. The Bertz CT molecular complexity index is 1400. The van der Waals surface area contributed by atoms with Gasteiger partial charge in [-0.15, -0.1) is 11.3 Å². The highest BCUT2D eigenvalue weighted by atomic mass is 32.2. The van der Waals surface area contributed by atoms with Crippen LogP contribution in [0, 0.1) is 0 Å². The molecule has 2 heterocycles. The summed E-state index contributed by atoms with van der Waals surface area (Å²) < 4.78 is 26.7. The Hall–Kier alpha value is -2.88. The van der Waals surface area contributed by atoms with Crippen LogP contribution in [0.25, 0.3) is 27.2 Å². The topological polar surface area (TPSA) is 105 Å².